The summed E-state index contributed by atoms with van der Waals surface area (Å²) < 4.78 is 0. The van der Waals surface area contributed by atoms with Crippen LogP contribution in [0.3, 0.4) is 0 Å². The summed E-state index contributed by atoms with van der Waals surface area (Å²) in [5.74, 6) is -0.497. The van der Waals surface area contributed by atoms with Gasteiger partial charge in [-0.3, -0.25) is 14.6 Å². The monoisotopic (exact) mass is 433 g/mol. The van der Waals surface area contributed by atoms with Gasteiger partial charge in [-0.05, 0) is 47.4 Å². The standard InChI is InChI=1S/C24H27N5O3/c25-24(26)27-14-4-9-21(23(32)28-15-16-10-12-18(30)13-11-16)29-22(31)20-8-3-6-17-5-1-2-7-19(17)20/h1-3,5-8,10-13,21,30H,4,9,14-15H2,(H,28,32)(H,29,31)(H4,25,26,27)/t21-/m1/s1. The Labute approximate surface area is 186 Å². The van der Waals surface area contributed by atoms with E-state index in [9.17, 15) is 14.7 Å². The molecular formula is C24H27N5O3. The number of nitrogens with two attached hydrogens (primary N) is 2. The van der Waals surface area contributed by atoms with E-state index in [0.29, 0.717) is 24.9 Å². The van der Waals surface area contributed by atoms with Gasteiger partial charge in [0.05, 0.1) is 0 Å². The molecule has 1 atom stereocenters. The number of phenols is 1. The Morgan fingerprint density at radius 1 is 0.969 bits per heavy atom. The highest BCUT2D eigenvalue weighted by atomic mass is 16.3. The number of guanidine groups is 1. The number of amides is 2. The van der Waals surface area contributed by atoms with Crippen molar-refractivity contribution in [3.8, 4) is 5.75 Å². The Bertz CT molecular complexity index is 1100. The number of nitrogens with zero attached hydrogens (tertiary/aromatic N) is 1. The first-order chi connectivity index (χ1) is 15.4. The van der Waals surface area contributed by atoms with E-state index in [2.05, 4.69) is 15.6 Å². The fourth-order valence-electron chi connectivity index (χ4n) is 3.36. The molecule has 0 aliphatic rings. The number of nitrogens with one attached hydrogen (secondary N) is 2. The maximum absolute atomic E-state index is 13.0. The minimum absolute atomic E-state index is 0.0156. The first-order valence-electron chi connectivity index (χ1n) is 10.3. The van der Waals surface area contributed by atoms with Crippen LogP contribution in [0.5, 0.6) is 5.75 Å². The summed E-state index contributed by atoms with van der Waals surface area (Å²) in [6.45, 7) is 0.627. The van der Waals surface area contributed by atoms with Gasteiger partial charge < -0.3 is 27.2 Å². The summed E-state index contributed by atoms with van der Waals surface area (Å²) >= 11 is 0. The van der Waals surface area contributed by atoms with E-state index < -0.39 is 6.04 Å². The molecule has 0 bridgehead atoms. The zero-order chi connectivity index (χ0) is 22.9. The normalized spacial score (nSPS) is 11.5. The molecule has 7 N–H and O–H groups in total. The van der Waals surface area contributed by atoms with Crippen LogP contribution < -0.4 is 22.1 Å². The molecule has 8 heteroatoms. The average Bonchev–Trinajstić information content (AvgIpc) is 2.79. The largest absolute Gasteiger partial charge is 0.508 e. The Balaban J connectivity index is 1.72. The van der Waals surface area contributed by atoms with Crippen molar-refractivity contribution < 1.29 is 14.7 Å². The second kappa shape index (κ2) is 10.8. The summed E-state index contributed by atoms with van der Waals surface area (Å²) in [4.78, 5) is 29.9. The summed E-state index contributed by atoms with van der Waals surface area (Å²) in [6.07, 6.45) is 0.889. The Kier molecular flexibility index (Phi) is 7.64. The minimum atomic E-state index is -0.757. The SMILES string of the molecule is NC(N)=NCCC[C@@H](NC(=O)c1cccc2ccccc12)C(=O)NCc1ccc(O)cc1. The van der Waals surface area contributed by atoms with Crippen molar-refractivity contribution in [3.63, 3.8) is 0 Å². The molecule has 0 fully saturated rings. The number of hydrogen-bond acceptors (Lipinski definition) is 4. The fraction of sp³-hybridized carbons (Fsp3) is 0.208. The molecule has 0 aromatic heterocycles. The lowest BCUT2D eigenvalue weighted by Crippen LogP contribution is -2.46. The van der Waals surface area contributed by atoms with Crippen molar-refractivity contribution in [3.05, 3.63) is 77.9 Å². The Hall–Kier alpha value is -4.07. The molecule has 0 spiro atoms. The van der Waals surface area contributed by atoms with E-state index >= 15 is 0 Å². The molecule has 166 valence electrons. The van der Waals surface area contributed by atoms with Crippen molar-refractivity contribution in [2.45, 2.75) is 25.4 Å². The van der Waals surface area contributed by atoms with Crippen LogP contribution in [0.1, 0.15) is 28.8 Å². The molecule has 3 rings (SSSR count). The van der Waals surface area contributed by atoms with Crippen LogP contribution in [0.4, 0.5) is 0 Å². The van der Waals surface area contributed by atoms with E-state index in [1.165, 1.54) is 0 Å². The van der Waals surface area contributed by atoms with Gasteiger partial charge in [0.25, 0.3) is 5.91 Å². The van der Waals surface area contributed by atoms with Crippen LogP contribution in [0.2, 0.25) is 0 Å². The summed E-state index contributed by atoms with van der Waals surface area (Å²) in [7, 11) is 0. The van der Waals surface area contributed by atoms with Crippen LogP contribution in [-0.2, 0) is 11.3 Å². The smallest absolute Gasteiger partial charge is 0.252 e. The number of aromatic hydroxyl groups is 1. The molecule has 3 aromatic carbocycles. The first-order valence-corrected chi connectivity index (χ1v) is 10.3. The van der Waals surface area contributed by atoms with Gasteiger partial charge in [0.15, 0.2) is 5.96 Å². The molecule has 0 heterocycles. The first kappa shape index (κ1) is 22.6. The molecule has 0 saturated carbocycles. The molecule has 2 amide bonds. The molecule has 32 heavy (non-hydrogen) atoms. The Morgan fingerprint density at radius 3 is 2.44 bits per heavy atom. The van der Waals surface area contributed by atoms with Crippen LogP contribution in [-0.4, -0.2) is 35.5 Å². The maximum atomic E-state index is 13.0. The number of hydrogen-bond donors (Lipinski definition) is 5. The summed E-state index contributed by atoms with van der Waals surface area (Å²) in [5.41, 5.74) is 12.1. The van der Waals surface area contributed by atoms with Gasteiger partial charge in [0.1, 0.15) is 11.8 Å². The molecule has 0 unspecified atom stereocenters. The van der Waals surface area contributed by atoms with Crippen LogP contribution >= 0.6 is 0 Å². The summed E-state index contributed by atoms with van der Waals surface area (Å²) in [6, 6.07) is 18.9. The lowest BCUT2D eigenvalue weighted by atomic mass is 10.0. The van der Waals surface area contributed by atoms with Crippen molar-refractivity contribution in [2.75, 3.05) is 6.54 Å². The lowest BCUT2D eigenvalue weighted by Gasteiger charge is -2.19. The quantitative estimate of drug-likeness (QED) is 0.199. The van der Waals surface area contributed by atoms with Gasteiger partial charge >= 0.3 is 0 Å². The topological polar surface area (TPSA) is 143 Å². The van der Waals surface area contributed by atoms with Gasteiger partial charge in [-0.1, -0.05) is 48.5 Å². The van der Waals surface area contributed by atoms with E-state index in [1.807, 2.05) is 36.4 Å². The second-order valence-corrected chi connectivity index (χ2v) is 7.39. The highest BCUT2D eigenvalue weighted by molar-refractivity contribution is 6.08. The van der Waals surface area contributed by atoms with Crippen molar-refractivity contribution in [2.24, 2.45) is 16.5 Å². The number of benzene rings is 3. The zero-order valence-corrected chi connectivity index (χ0v) is 17.6. The number of carbonyl (C=O) groups excluding carboxylic acids is 2. The number of carbonyl (C=O) groups is 2. The summed E-state index contributed by atoms with van der Waals surface area (Å²) in [5, 5.41) is 16.9. The highest BCUT2D eigenvalue weighted by Crippen LogP contribution is 2.18. The molecule has 0 aliphatic heterocycles. The predicted octanol–water partition coefficient (Wildman–Crippen LogP) is 2.01. The van der Waals surface area contributed by atoms with Gasteiger partial charge in [-0.2, -0.15) is 0 Å². The molecule has 0 aliphatic carbocycles. The van der Waals surface area contributed by atoms with Crippen LogP contribution in [0.25, 0.3) is 10.8 Å². The van der Waals surface area contributed by atoms with E-state index in [4.69, 9.17) is 11.5 Å². The zero-order valence-electron chi connectivity index (χ0n) is 17.6. The third-order valence-electron chi connectivity index (χ3n) is 5.00. The minimum Gasteiger partial charge on any atom is -0.508 e. The van der Waals surface area contributed by atoms with Crippen molar-refractivity contribution in [1.82, 2.24) is 10.6 Å². The van der Waals surface area contributed by atoms with E-state index in [1.54, 1.807) is 30.3 Å². The molecule has 8 nitrogen and oxygen atoms in total. The van der Waals surface area contributed by atoms with E-state index in [-0.39, 0.29) is 30.1 Å². The van der Waals surface area contributed by atoms with Gasteiger partial charge in [-0.15, -0.1) is 0 Å². The lowest BCUT2D eigenvalue weighted by molar-refractivity contribution is -0.123. The number of rotatable bonds is 9. The number of phenolic OH excluding ortho intramolecular Hbond substituents is 1. The average molecular weight is 434 g/mol. The maximum Gasteiger partial charge on any atom is 0.252 e. The van der Waals surface area contributed by atoms with Gasteiger partial charge in [0.2, 0.25) is 5.91 Å². The number of aliphatic imine (C=N–C) groups is 1. The number of fused-ring (bicyclic) bond motifs is 1. The van der Waals surface area contributed by atoms with Gasteiger partial charge in [0, 0.05) is 18.7 Å². The van der Waals surface area contributed by atoms with Crippen molar-refractivity contribution in [1.29, 1.82) is 0 Å². The molecule has 3 aromatic rings. The van der Waals surface area contributed by atoms with Crippen LogP contribution in [0.15, 0.2) is 71.7 Å². The van der Waals surface area contributed by atoms with E-state index in [0.717, 1.165) is 16.3 Å². The fourth-order valence-corrected chi connectivity index (χ4v) is 3.36. The van der Waals surface area contributed by atoms with Gasteiger partial charge in [-0.25, -0.2) is 0 Å². The highest BCUT2D eigenvalue weighted by Gasteiger charge is 2.22. The third kappa shape index (κ3) is 6.21. The third-order valence-corrected chi connectivity index (χ3v) is 5.00. The van der Waals surface area contributed by atoms with Crippen molar-refractivity contribution >= 4 is 28.5 Å². The molecule has 0 radical (unpaired) electrons. The molecular weight excluding hydrogens is 406 g/mol. The second-order valence-electron chi connectivity index (χ2n) is 7.39. The predicted molar refractivity (Wildman–Crippen MR) is 125 cm³/mol. The Morgan fingerprint density at radius 2 is 1.69 bits per heavy atom. The molecule has 0 saturated heterocycles. The van der Waals surface area contributed by atoms with Crippen LogP contribution in [0, 0.1) is 0 Å².